The Hall–Kier alpha value is -2.08. The molecule has 2 heterocycles. The Balaban J connectivity index is 1.87. The molecule has 1 saturated heterocycles. The Morgan fingerprint density at radius 3 is 2.60 bits per heavy atom. The molecule has 1 fully saturated rings. The number of carboxylic acid groups (broad SMARTS) is 1. The molecule has 1 N–H and O–H groups in total. The number of carbonyl (C=O) groups is 2. The van der Waals surface area contributed by atoms with Crippen LogP contribution in [0.15, 0.2) is 24.3 Å². The highest BCUT2D eigenvalue weighted by Gasteiger charge is 2.38. The fourth-order valence-corrected chi connectivity index (χ4v) is 2.72. The minimum atomic E-state index is -0.894. The lowest BCUT2D eigenvalue weighted by Gasteiger charge is -2.31. The molecule has 106 valence electrons. The summed E-state index contributed by atoms with van der Waals surface area (Å²) in [4.78, 5) is 27.2. The summed E-state index contributed by atoms with van der Waals surface area (Å²) in [7, 11) is 0. The standard InChI is InChI=1S/C14H16N2O4/c17-13(18)11-9-16(12-4-2-1-3-10(11)12)14(19)15-5-7-20-8-6-15/h1-4,11H,5-9H2,(H,17,18). The Kier molecular flexibility index (Phi) is 3.31. The zero-order chi connectivity index (χ0) is 14.1. The van der Waals surface area contributed by atoms with E-state index in [1.807, 2.05) is 6.07 Å². The highest BCUT2D eigenvalue weighted by molar-refractivity contribution is 5.98. The van der Waals surface area contributed by atoms with Gasteiger partial charge in [0.25, 0.3) is 0 Å². The highest BCUT2D eigenvalue weighted by atomic mass is 16.5. The predicted octanol–water partition coefficient (Wildman–Crippen LogP) is 1.13. The predicted molar refractivity (Wildman–Crippen MR) is 72.0 cm³/mol. The summed E-state index contributed by atoms with van der Waals surface area (Å²) in [6, 6.07) is 7.07. The summed E-state index contributed by atoms with van der Waals surface area (Å²) in [6.45, 7) is 2.36. The Morgan fingerprint density at radius 2 is 1.90 bits per heavy atom. The minimum Gasteiger partial charge on any atom is -0.481 e. The maximum atomic E-state index is 12.5. The smallest absolute Gasteiger partial charge is 0.324 e. The fraction of sp³-hybridized carbons (Fsp3) is 0.429. The summed E-state index contributed by atoms with van der Waals surface area (Å²) in [5.74, 6) is -1.54. The second-order valence-electron chi connectivity index (χ2n) is 4.94. The number of benzene rings is 1. The number of rotatable bonds is 1. The van der Waals surface area contributed by atoms with E-state index in [0.717, 1.165) is 0 Å². The zero-order valence-electron chi connectivity index (χ0n) is 11.0. The van der Waals surface area contributed by atoms with Gasteiger partial charge in [-0.3, -0.25) is 9.69 Å². The van der Waals surface area contributed by atoms with E-state index in [1.54, 1.807) is 28.0 Å². The van der Waals surface area contributed by atoms with E-state index in [4.69, 9.17) is 4.74 Å². The van der Waals surface area contributed by atoms with Crippen LogP contribution in [-0.4, -0.2) is 54.9 Å². The molecule has 1 aromatic rings. The van der Waals surface area contributed by atoms with E-state index in [1.165, 1.54) is 0 Å². The van der Waals surface area contributed by atoms with Crippen LogP contribution in [0.4, 0.5) is 10.5 Å². The molecule has 0 radical (unpaired) electrons. The SMILES string of the molecule is O=C(O)C1CN(C(=O)N2CCOCC2)c2ccccc21. The van der Waals surface area contributed by atoms with Crippen LogP contribution >= 0.6 is 0 Å². The lowest BCUT2D eigenvalue weighted by Crippen LogP contribution is -2.48. The first-order valence-corrected chi connectivity index (χ1v) is 6.64. The average Bonchev–Trinajstić information content (AvgIpc) is 2.87. The van der Waals surface area contributed by atoms with Gasteiger partial charge in [-0.05, 0) is 11.6 Å². The molecular weight excluding hydrogens is 260 g/mol. The molecule has 0 aromatic heterocycles. The van der Waals surface area contributed by atoms with E-state index in [9.17, 15) is 14.7 Å². The van der Waals surface area contributed by atoms with Crippen LogP contribution in [0, 0.1) is 0 Å². The van der Waals surface area contributed by atoms with Crippen molar-refractivity contribution in [3.8, 4) is 0 Å². The Labute approximate surface area is 116 Å². The summed E-state index contributed by atoms with van der Waals surface area (Å²) in [6.07, 6.45) is 0. The first-order chi connectivity index (χ1) is 9.68. The van der Waals surface area contributed by atoms with Crippen LogP contribution in [-0.2, 0) is 9.53 Å². The minimum absolute atomic E-state index is 0.135. The molecule has 0 spiro atoms. The van der Waals surface area contributed by atoms with Gasteiger partial charge in [-0.25, -0.2) is 4.79 Å². The molecule has 6 heteroatoms. The van der Waals surface area contributed by atoms with Gasteiger partial charge in [0.1, 0.15) is 5.92 Å². The van der Waals surface area contributed by atoms with Crippen molar-refractivity contribution in [1.29, 1.82) is 0 Å². The largest absolute Gasteiger partial charge is 0.481 e. The van der Waals surface area contributed by atoms with E-state index in [-0.39, 0.29) is 12.6 Å². The number of hydrogen-bond donors (Lipinski definition) is 1. The number of amides is 2. The molecule has 2 amide bonds. The molecule has 20 heavy (non-hydrogen) atoms. The lowest BCUT2D eigenvalue weighted by molar-refractivity contribution is -0.138. The summed E-state index contributed by atoms with van der Waals surface area (Å²) in [5.41, 5.74) is 1.41. The van der Waals surface area contributed by atoms with Crippen LogP contribution in [0.5, 0.6) is 0 Å². The first-order valence-electron chi connectivity index (χ1n) is 6.64. The van der Waals surface area contributed by atoms with Crippen LogP contribution in [0.25, 0.3) is 0 Å². The second kappa shape index (κ2) is 5.13. The summed E-state index contributed by atoms with van der Waals surface area (Å²) in [5, 5.41) is 9.30. The molecule has 6 nitrogen and oxygen atoms in total. The van der Waals surface area contributed by atoms with E-state index in [2.05, 4.69) is 0 Å². The van der Waals surface area contributed by atoms with Gasteiger partial charge in [-0.1, -0.05) is 18.2 Å². The number of fused-ring (bicyclic) bond motifs is 1. The maximum Gasteiger partial charge on any atom is 0.324 e. The van der Waals surface area contributed by atoms with E-state index >= 15 is 0 Å². The van der Waals surface area contributed by atoms with Gasteiger partial charge < -0.3 is 14.7 Å². The molecule has 2 aliphatic rings. The third kappa shape index (κ3) is 2.12. The number of urea groups is 1. The molecule has 0 bridgehead atoms. The normalized spacial score (nSPS) is 21.7. The van der Waals surface area contributed by atoms with Gasteiger partial charge in [0.15, 0.2) is 0 Å². The van der Waals surface area contributed by atoms with Crippen molar-refractivity contribution in [3.05, 3.63) is 29.8 Å². The van der Waals surface area contributed by atoms with Crippen molar-refractivity contribution in [2.45, 2.75) is 5.92 Å². The first kappa shape index (κ1) is 12.9. The van der Waals surface area contributed by atoms with E-state index < -0.39 is 11.9 Å². The molecule has 0 aliphatic carbocycles. The number of aliphatic carboxylic acids is 1. The third-order valence-electron chi connectivity index (χ3n) is 3.78. The molecule has 1 aromatic carbocycles. The lowest BCUT2D eigenvalue weighted by atomic mass is 10.0. The van der Waals surface area contributed by atoms with E-state index in [0.29, 0.717) is 37.6 Å². The third-order valence-corrected chi connectivity index (χ3v) is 3.78. The summed E-state index contributed by atoms with van der Waals surface area (Å²) < 4.78 is 5.23. The Bertz CT molecular complexity index is 540. The number of carboxylic acids is 1. The van der Waals surface area contributed by atoms with Gasteiger partial charge in [-0.2, -0.15) is 0 Å². The van der Waals surface area contributed by atoms with Gasteiger partial charge in [-0.15, -0.1) is 0 Å². The van der Waals surface area contributed by atoms with Gasteiger partial charge >= 0.3 is 12.0 Å². The number of morpholine rings is 1. The van der Waals surface area contributed by atoms with Crippen LogP contribution in [0.3, 0.4) is 0 Å². The van der Waals surface area contributed by atoms with Crippen molar-refractivity contribution in [3.63, 3.8) is 0 Å². The van der Waals surface area contributed by atoms with Gasteiger partial charge in [0.2, 0.25) is 0 Å². The van der Waals surface area contributed by atoms with Crippen LogP contribution < -0.4 is 4.90 Å². The second-order valence-corrected chi connectivity index (χ2v) is 4.94. The molecular formula is C14H16N2O4. The number of hydrogen-bond acceptors (Lipinski definition) is 3. The van der Waals surface area contributed by atoms with Crippen molar-refractivity contribution in [2.75, 3.05) is 37.7 Å². The van der Waals surface area contributed by atoms with Crippen molar-refractivity contribution in [1.82, 2.24) is 4.90 Å². The zero-order valence-corrected chi connectivity index (χ0v) is 11.0. The molecule has 1 atom stereocenters. The number of carbonyl (C=O) groups excluding carboxylic acids is 1. The number of nitrogens with zero attached hydrogens (tertiary/aromatic N) is 2. The number of para-hydroxylation sites is 1. The van der Waals surface area contributed by atoms with Crippen molar-refractivity contribution in [2.24, 2.45) is 0 Å². The van der Waals surface area contributed by atoms with Crippen LogP contribution in [0.1, 0.15) is 11.5 Å². The molecule has 2 aliphatic heterocycles. The van der Waals surface area contributed by atoms with Gasteiger partial charge in [0.05, 0.1) is 13.2 Å². The van der Waals surface area contributed by atoms with Crippen molar-refractivity contribution < 1.29 is 19.4 Å². The fourth-order valence-electron chi connectivity index (χ4n) is 2.72. The summed E-state index contributed by atoms with van der Waals surface area (Å²) >= 11 is 0. The number of ether oxygens (including phenoxy) is 1. The van der Waals surface area contributed by atoms with Crippen LogP contribution in [0.2, 0.25) is 0 Å². The molecule has 0 saturated carbocycles. The van der Waals surface area contributed by atoms with Crippen molar-refractivity contribution >= 4 is 17.7 Å². The average molecular weight is 276 g/mol. The maximum absolute atomic E-state index is 12.5. The quantitative estimate of drug-likeness (QED) is 0.834. The monoisotopic (exact) mass is 276 g/mol. The number of anilines is 1. The highest BCUT2D eigenvalue weighted by Crippen LogP contribution is 2.36. The topological polar surface area (TPSA) is 70.1 Å². The molecule has 3 rings (SSSR count). The van der Waals surface area contributed by atoms with Gasteiger partial charge in [0, 0.05) is 25.3 Å². The Morgan fingerprint density at radius 1 is 1.20 bits per heavy atom. The molecule has 1 unspecified atom stereocenters.